The molecule has 1 aliphatic carbocycles. The van der Waals surface area contributed by atoms with Crippen molar-refractivity contribution >= 4 is 5.97 Å². The second-order valence-electron chi connectivity index (χ2n) is 6.16. The van der Waals surface area contributed by atoms with E-state index in [1.165, 1.54) is 16.9 Å². The van der Waals surface area contributed by atoms with Crippen LogP contribution in [0.15, 0.2) is 30.5 Å². The SMILES string of the molecule is O=C(O)C1CC1Cn1ccc(-c2cc(C(F)(F)F)cc(C(F)(F)F)c2)n1. The molecule has 26 heavy (non-hydrogen) atoms. The van der Waals surface area contributed by atoms with Gasteiger partial charge in [-0.25, -0.2) is 0 Å². The molecule has 0 saturated heterocycles. The van der Waals surface area contributed by atoms with E-state index in [0.29, 0.717) is 18.6 Å². The molecule has 10 heteroatoms. The van der Waals surface area contributed by atoms with Crippen molar-refractivity contribution in [3.05, 3.63) is 41.6 Å². The molecule has 0 amide bonds. The van der Waals surface area contributed by atoms with Crippen LogP contribution in [-0.2, 0) is 23.7 Å². The summed E-state index contributed by atoms with van der Waals surface area (Å²) in [5, 5.41) is 12.8. The van der Waals surface area contributed by atoms with Crippen LogP contribution in [0.25, 0.3) is 11.3 Å². The average Bonchev–Trinajstić information content (AvgIpc) is 3.12. The quantitative estimate of drug-likeness (QED) is 0.807. The summed E-state index contributed by atoms with van der Waals surface area (Å²) in [6, 6.07) is 2.58. The molecule has 1 N–H and O–H groups in total. The summed E-state index contributed by atoms with van der Waals surface area (Å²) >= 11 is 0. The first kappa shape index (κ1) is 18.3. The summed E-state index contributed by atoms with van der Waals surface area (Å²) < 4.78 is 78.8. The predicted molar refractivity (Wildman–Crippen MR) is 76.9 cm³/mol. The van der Waals surface area contributed by atoms with Crippen LogP contribution in [0.3, 0.4) is 0 Å². The zero-order valence-corrected chi connectivity index (χ0v) is 13.0. The normalized spacial score (nSPS) is 20.2. The molecule has 4 nitrogen and oxygen atoms in total. The maximum atomic E-state index is 12.9. The molecule has 1 aromatic carbocycles. The smallest absolute Gasteiger partial charge is 0.416 e. The molecule has 0 bridgehead atoms. The van der Waals surface area contributed by atoms with Crippen molar-refractivity contribution in [3.8, 4) is 11.3 Å². The van der Waals surface area contributed by atoms with Crippen LogP contribution in [0.4, 0.5) is 26.3 Å². The lowest BCUT2D eigenvalue weighted by atomic mass is 10.0. The molecule has 0 radical (unpaired) electrons. The molecule has 1 aromatic heterocycles. The third-order valence-corrected chi connectivity index (χ3v) is 4.19. The minimum Gasteiger partial charge on any atom is -0.481 e. The molecule has 1 fully saturated rings. The van der Waals surface area contributed by atoms with E-state index >= 15 is 0 Å². The number of carboxylic acid groups (broad SMARTS) is 1. The molecule has 2 aromatic rings. The second kappa shape index (κ2) is 6.03. The number of halogens is 6. The fraction of sp³-hybridized carbons (Fsp3) is 0.375. The molecular formula is C16H12F6N2O2. The van der Waals surface area contributed by atoms with Crippen LogP contribution < -0.4 is 0 Å². The monoisotopic (exact) mass is 378 g/mol. The Morgan fingerprint density at radius 1 is 1.12 bits per heavy atom. The van der Waals surface area contributed by atoms with Crippen LogP contribution in [0.2, 0.25) is 0 Å². The van der Waals surface area contributed by atoms with Crippen LogP contribution >= 0.6 is 0 Å². The highest BCUT2D eigenvalue weighted by atomic mass is 19.4. The van der Waals surface area contributed by atoms with Gasteiger partial charge in [0.05, 0.1) is 22.7 Å². The van der Waals surface area contributed by atoms with Crippen molar-refractivity contribution in [1.29, 1.82) is 0 Å². The van der Waals surface area contributed by atoms with Gasteiger partial charge in [0.15, 0.2) is 0 Å². The average molecular weight is 378 g/mol. The molecule has 1 heterocycles. The second-order valence-corrected chi connectivity index (χ2v) is 6.16. The molecule has 0 spiro atoms. The van der Waals surface area contributed by atoms with Gasteiger partial charge >= 0.3 is 18.3 Å². The van der Waals surface area contributed by atoms with Gasteiger partial charge in [0.2, 0.25) is 0 Å². The van der Waals surface area contributed by atoms with Crippen molar-refractivity contribution in [3.63, 3.8) is 0 Å². The Morgan fingerprint density at radius 2 is 1.69 bits per heavy atom. The van der Waals surface area contributed by atoms with Crippen molar-refractivity contribution in [2.24, 2.45) is 11.8 Å². The largest absolute Gasteiger partial charge is 0.481 e. The number of benzene rings is 1. The number of hydrogen-bond donors (Lipinski definition) is 1. The van der Waals surface area contributed by atoms with Gasteiger partial charge in [0.25, 0.3) is 0 Å². The number of hydrogen-bond acceptors (Lipinski definition) is 2. The minimum absolute atomic E-state index is 0.0471. The zero-order valence-electron chi connectivity index (χ0n) is 13.0. The number of alkyl halides is 6. The Morgan fingerprint density at radius 3 is 2.15 bits per heavy atom. The summed E-state index contributed by atoms with van der Waals surface area (Å²) in [6.07, 6.45) is -7.99. The highest BCUT2D eigenvalue weighted by Gasteiger charge is 2.43. The summed E-state index contributed by atoms with van der Waals surface area (Å²) in [6.45, 7) is 0.238. The Balaban J connectivity index is 1.90. The van der Waals surface area contributed by atoms with Crippen LogP contribution in [0.5, 0.6) is 0 Å². The van der Waals surface area contributed by atoms with Crippen molar-refractivity contribution in [2.45, 2.75) is 25.3 Å². The molecule has 1 aliphatic rings. The zero-order chi connectivity index (χ0) is 19.3. The first-order chi connectivity index (χ1) is 11.9. The highest BCUT2D eigenvalue weighted by molar-refractivity contribution is 5.73. The molecular weight excluding hydrogens is 366 g/mol. The standard InChI is InChI=1S/C16H12F6N2O2/c17-15(18,19)10-3-8(4-11(6-10)16(20,21)22)13-1-2-24(23-13)7-9-5-12(9)14(25)26/h1-4,6,9,12H,5,7H2,(H,25,26). The first-order valence-corrected chi connectivity index (χ1v) is 7.51. The van der Waals surface area contributed by atoms with Gasteiger partial charge in [-0.2, -0.15) is 31.4 Å². The summed E-state index contributed by atoms with van der Waals surface area (Å²) in [7, 11) is 0. The molecule has 1 saturated carbocycles. The van der Waals surface area contributed by atoms with E-state index in [4.69, 9.17) is 5.11 Å². The van der Waals surface area contributed by atoms with Gasteiger partial charge in [-0.05, 0) is 36.6 Å². The van der Waals surface area contributed by atoms with Gasteiger partial charge < -0.3 is 5.11 Å². The fourth-order valence-corrected chi connectivity index (χ4v) is 2.71. The Bertz CT molecular complexity index is 808. The topological polar surface area (TPSA) is 55.1 Å². The van der Waals surface area contributed by atoms with E-state index in [2.05, 4.69) is 5.10 Å². The number of aromatic nitrogens is 2. The van der Waals surface area contributed by atoms with Crippen LogP contribution in [0.1, 0.15) is 17.5 Å². The molecule has 3 rings (SSSR count). The van der Waals surface area contributed by atoms with E-state index in [1.54, 1.807) is 0 Å². The number of aliphatic carboxylic acids is 1. The van der Waals surface area contributed by atoms with Crippen LogP contribution in [-0.4, -0.2) is 20.9 Å². The van der Waals surface area contributed by atoms with E-state index in [1.807, 2.05) is 0 Å². The lowest BCUT2D eigenvalue weighted by Gasteiger charge is -2.13. The Labute approximate surface area is 143 Å². The molecule has 0 aliphatic heterocycles. The predicted octanol–water partition coefficient (Wildman–Crippen LogP) is 4.31. The third kappa shape index (κ3) is 3.83. The van der Waals surface area contributed by atoms with E-state index in [-0.39, 0.29) is 29.8 Å². The summed E-state index contributed by atoms with van der Waals surface area (Å²) in [4.78, 5) is 10.8. The van der Waals surface area contributed by atoms with Gasteiger partial charge in [-0.1, -0.05) is 0 Å². The van der Waals surface area contributed by atoms with E-state index in [0.717, 1.165) is 0 Å². The fourth-order valence-electron chi connectivity index (χ4n) is 2.71. The lowest BCUT2D eigenvalue weighted by molar-refractivity contribution is -0.143. The van der Waals surface area contributed by atoms with Crippen molar-refractivity contribution in [2.75, 3.05) is 0 Å². The number of rotatable bonds is 4. The molecule has 140 valence electrons. The lowest BCUT2D eigenvalue weighted by Crippen LogP contribution is -2.11. The Hall–Kier alpha value is -2.52. The maximum absolute atomic E-state index is 12.9. The van der Waals surface area contributed by atoms with Gasteiger partial charge in [-0.15, -0.1) is 0 Å². The van der Waals surface area contributed by atoms with E-state index in [9.17, 15) is 31.1 Å². The highest BCUT2D eigenvalue weighted by Crippen LogP contribution is 2.40. The number of nitrogens with zero attached hydrogens (tertiary/aromatic N) is 2. The van der Waals surface area contributed by atoms with Crippen molar-refractivity contribution in [1.82, 2.24) is 9.78 Å². The van der Waals surface area contributed by atoms with Gasteiger partial charge in [0, 0.05) is 18.3 Å². The third-order valence-electron chi connectivity index (χ3n) is 4.19. The number of carboxylic acids is 1. The molecule has 2 unspecified atom stereocenters. The summed E-state index contributed by atoms with van der Waals surface area (Å²) in [5.41, 5.74) is -3.18. The van der Waals surface area contributed by atoms with Gasteiger partial charge in [0.1, 0.15) is 0 Å². The molecule has 2 atom stereocenters. The van der Waals surface area contributed by atoms with Crippen LogP contribution in [0, 0.1) is 11.8 Å². The summed E-state index contributed by atoms with van der Waals surface area (Å²) in [5.74, 6) is -1.57. The first-order valence-electron chi connectivity index (χ1n) is 7.51. The maximum Gasteiger partial charge on any atom is 0.416 e. The Kier molecular flexibility index (Phi) is 4.24. The minimum atomic E-state index is -4.93. The number of carbonyl (C=O) groups is 1. The van der Waals surface area contributed by atoms with Crippen molar-refractivity contribution < 1.29 is 36.2 Å². The van der Waals surface area contributed by atoms with E-state index < -0.39 is 35.4 Å². The van der Waals surface area contributed by atoms with Gasteiger partial charge in [-0.3, -0.25) is 9.48 Å².